The van der Waals surface area contributed by atoms with Crippen molar-refractivity contribution in [3.63, 3.8) is 0 Å². The molecule has 0 bridgehead atoms. The third kappa shape index (κ3) is 2.53. The molecule has 1 fully saturated rings. The highest BCUT2D eigenvalue weighted by Crippen LogP contribution is 2.44. The van der Waals surface area contributed by atoms with Crippen molar-refractivity contribution in [3.8, 4) is 0 Å². The van der Waals surface area contributed by atoms with Crippen LogP contribution in [0.25, 0.3) is 5.57 Å². The second kappa shape index (κ2) is 6.21. The van der Waals surface area contributed by atoms with Crippen LogP contribution in [0.15, 0.2) is 41.8 Å². The number of anilines is 1. The molecule has 1 N–H and O–H groups in total. The molecule has 24 heavy (non-hydrogen) atoms. The van der Waals surface area contributed by atoms with Crippen molar-refractivity contribution in [1.82, 2.24) is 4.90 Å². The molecule has 0 spiro atoms. The number of para-hydroxylation sites is 1. The first-order chi connectivity index (χ1) is 11.5. The smallest absolute Gasteiger partial charge is 0.323 e. The number of amides is 2. The van der Waals surface area contributed by atoms with E-state index in [0.29, 0.717) is 15.6 Å². The van der Waals surface area contributed by atoms with Crippen LogP contribution in [0.2, 0.25) is 0 Å². The van der Waals surface area contributed by atoms with E-state index in [4.69, 9.17) is 17.3 Å². The molecule has 0 radical (unpaired) electrons. The topological polar surface area (TPSA) is 77.9 Å². The summed E-state index contributed by atoms with van der Waals surface area (Å²) in [6.45, 7) is 3.39. The van der Waals surface area contributed by atoms with Crippen LogP contribution in [0, 0.1) is 0 Å². The molecular formula is C16H12N2O4S2. The average Bonchev–Trinajstić information content (AvgIpc) is 2.96. The van der Waals surface area contributed by atoms with E-state index in [-0.39, 0.29) is 22.9 Å². The van der Waals surface area contributed by atoms with Crippen molar-refractivity contribution in [2.24, 2.45) is 0 Å². The maximum Gasteiger partial charge on any atom is 0.323 e. The Kier molecular flexibility index (Phi) is 4.25. The van der Waals surface area contributed by atoms with Gasteiger partial charge in [0.05, 0.1) is 16.2 Å². The molecule has 2 heterocycles. The summed E-state index contributed by atoms with van der Waals surface area (Å²) in [7, 11) is 0. The molecule has 0 unspecified atom stereocenters. The van der Waals surface area contributed by atoms with Gasteiger partial charge in [-0.25, -0.2) is 0 Å². The van der Waals surface area contributed by atoms with Gasteiger partial charge in [-0.3, -0.25) is 24.2 Å². The Hall–Kier alpha value is -2.45. The monoisotopic (exact) mass is 360 g/mol. The summed E-state index contributed by atoms with van der Waals surface area (Å²) >= 11 is 6.25. The fourth-order valence-corrected chi connectivity index (χ4v) is 3.97. The molecular weight excluding hydrogens is 348 g/mol. The van der Waals surface area contributed by atoms with Gasteiger partial charge in [0, 0.05) is 12.1 Å². The first kappa shape index (κ1) is 16.4. The number of hydrogen-bond acceptors (Lipinski definition) is 5. The lowest BCUT2D eigenvalue weighted by atomic mass is 10.1. The maximum absolute atomic E-state index is 12.8. The van der Waals surface area contributed by atoms with Gasteiger partial charge < -0.3 is 5.11 Å². The number of thioether (sulfide) groups is 1. The Bertz CT molecular complexity index is 831. The van der Waals surface area contributed by atoms with Gasteiger partial charge in [0.15, 0.2) is 0 Å². The lowest BCUT2D eigenvalue weighted by Gasteiger charge is -2.13. The van der Waals surface area contributed by atoms with Crippen molar-refractivity contribution in [2.75, 3.05) is 18.0 Å². The van der Waals surface area contributed by atoms with Crippen LogP contribution >= 0.6 is 24.0 Å². The van der Waals surface area contributed by atoms with Crippen LogP contribution in [0.4, 0.5) is 5.69 Å². The molecule has 2 aliphatic rings. The lowest BCUT2D eigenvalue weighted by molar-refractivity contribution is -0.136. The van der Waals surface area contributed by atoms with Crippen molar-refractivity contribution >= 4 is 57.3 Å². The minimum atomic E-state index is -1.13. The van der Waals surface area contributed by atoms with Crippen LogP contribution in [0.1, 0.15) is 5.56 Å². The van der Waals surface area contributed by atoms with Gasteiger partial charge in [0.1, 0.15) is 10.9 Å². The molecule has 1 saturated heterocycles. The standard InChI is InChI=1S/C16H12N2O4S2/c1-2-7-17-15(22)13(24-16(17)23)12-9-5-3-4-6-10(9)18(14(12)21)8-11(19)20/h2-6H,1,7-8H2,(H,19,20). The molecule has 1 aromatic carbocycles. The highest BCUT2D eigenvalue weighted by atomic mass is 32.2. The number of rotatable bonds is 4. The summed E-state index contributed by atoms with van der Waals surface area (Å²) in [4.78, 5) is 39.2. The van der Waals surface area contributed by atoms with E-state index in [1.54, 1.807) is 30.3 Å². The SMILES string of the molecule is C=CCN1C(=O)C(=C2C(=O)N(CC(=O)O)c3ccccc32)SC1=S. The molecule has 0 aliphatic carbocycles. The van der Waals surface area contributed by atoms with Crippen LogP contribution in [0.3, 0.4) is 0 Å². The first-order valence-corrected chi connectivity index (χ1v) is 8.20. The van der Waals surface area contributed by atoms with Gasteiger partial charge in [-0.05, 0) is 6.07 Å². The van der Waals surface area contributed by atoms with Gasteiger partial charge in [-0.1, -0.05) is 48.3 Å². The zero-order valence-electron chi connectivity index (χ0n) is 12.4. The van der Waals surface area contributed by atoms with Crippen molar-refractivity contribution in [2.45, 2.75) is 0 Å². The van der Waals surface area contributed by atoms with Gasteiger partial charge in [0.2, 0.25) is 0 Å². The van der Waals surface area contributed by atoms with E-state index in [1.165, 1.54) is 4.90 Å². The van der Waals surface area contributed by atoms with Crippen LogP contribution in [-0.2, 0) is 14.4 Å². The van der Waals surface area contributed by atoms with Gasteiger partial charge >= 0.3 is 5.97 Å². The normalized spacial score (nSPS) is 19.9. The maximum atomic E-state index is 12.8. The zero-order chi connectivity index (χ0) is 17.4. The number of carbonyl (C=O) groups is 3. The molecule has 8 heteroatoms. The largest absolute Gasteiger partial charge is 0.480 e. The Morgan fingerprint density at radius 2 is 1.96 bits per heavy atom. The van der Waals surface area contributed by atoms with Gasteiger partial charge in [-0.2, -0.15) is 0 Å². The third-order valence-electron chi connectivity index (χ3n) is 3.60. The summed E-state index contributed by atoms with van der Waals surface area (Å²) < 4.78 is 0.351. The summed E-state index contributed by atoms with van der Waals surface area (Å²) in [6.07, 6.45) is 1.56. The molecule has 0 atom stereocenters. The Labute approximate surface area is 147 Å². The number of benzene rings is 1. The number of hydrogen-bond donors (Lipinski definition) is 1. The summed E-state index contributed by atoms with van der Waals surface area (Å²) in [6, 6.07) is 6.81. The third-order valence-corrected chi connectivity index (χ3v) is 5.05. The number of nitrogens with zero attached hydrogens (tertiary/aromatic N) is 2. The average molecular weight is 360 g/mol. The van der Waals surface area contributed by atoms with Crippen molar-refractivity contribution in [3.05, 3.63) is 47.4 Å². The molecule has 2 amide bonds. The number of fused-ring (bicyclic) bond motifs is 1. The van der Waals surface area contributed by atoms with Gasteiger partial charge in [-0.15, -0.1) is 6.58 Å². The van der Waals surface area contributed by atoms with E-state index < -0.39 is 18.4 Å². The number of carboxylic acids is 1. The second-order valence-electron chi connectivity index (χ2n) is 5.08. The van der Waals surface area contributed by atoms with E-state index in [0.717, 1.165) is 16.7 Å². The molecule has 0 saturated carbocycles. The van der Waals surface area contributed by atoms with Crippen LogP contribution in [0.5, 0.6) is 0 Å². The predicted octanol–water partition coefficient (Wildman–Crippen LogP) is 1.88. The second-order valence-corrected chi connectivity index (χ2v) is 6.72. The zero-order valence-corrected chi connectivity index (χ0v) is 14.0. The highest BCUT2D eigenvalue weighted by molar-refractivity contribution is 8.26. The van der Waals surface area contributed by atoms with E-state index in [1.807, 2.05) is 0 Å². The Morgan fingerprint density at radius 1 is 1.25 bits per heavy atom. The minimum Gasteiger partial charge on any atom is -0.480 e. The number of carboxylic acid groups (broad SMARTS) is 1. The molecule has 0 aromatic heterocycles. The Morgan fingerprint density at radius 3 is 2.62 bits per heavy atom. The molecule has 122 valence electrons. The molecule has 1 aromatic rings. The molecule has 6 nitrogen and oxygen atoms in total. The molecule has 2 aliphatic heterocycles. The van der Waals surface area contributed by atoms with Gasteiger partial charge in [0.25, 0.3) is 11.8 Å². The lowest BCUT2D eigenvalue weighted by Crippen LogP contribution is -2.32. The number of aliphatic carboxylic acids is 1. The first-order valence-electron chi connectivity index (χ1n) is 6.97. The fraction of sp³-hybridized carbons (Fsp3) is 0.125. The van der Waals surface area contributed by atoms with E-state index in [2.05, 4.69) is 6.58 Å². The van der Waals surface area contributed by atoms with E-state index >= 15 is 0 Å². The predicted molar refractivity (Wildman–Crippen MR) is 95.4 cm³/mol. The number of carbonyl (C=O) groups excluding carboxylic acids is 2. The van der Waals surface area contributed by atoms with Crippen LogP contribution in [-0.4, -0.2) is 45.2 Å². The highest BCUT2D eigenvalue weighted by Gasteiger charge is 2.42. The Balaban J connectivity index is 2.13. The summed E-state index contributed by atoms with van der Waals surface area (Å²) in [5, 5.41) is 9.05. The minimum absolute atomic E-state index is 0.204. The van der Waals surface area contributed by atoms with Crippen molar-refractivity contribution < 1.29 is 19.5 Å². The molecule has 3 rings (SSSR count). The van der Waals surface area contributed by atoms with E-state index in [9.17, 15) is 14.4 Å². The van der Waals surface area contributed by atoms with Crippen molar-refractivity contribution in [1.29, 1.82) is 0 Å². The fourth-order valence-electron chi connectivity index (χ4n) is 2.63. The quantitative estimate of drug-likeness (QED) is 0.502. The van der Waals surface area contributed by atoms with Crippen LogP contribution < -0.4 is 4.90 Å². The summed E-state index contributed by atoms with van der Waals surface area (Å²) in [5.41, 5.74) is 1.23. The number of thiocarbonyl (C=S) groups is 1. The summed E-state index contributed by atoms with van der Waals surface area (Å²) in [5.74, 6) is -1.99.